The number of nitrogens with two attached hydrogens (primary N) is 1. The highest BCUT2D eigenvalue weighted by molar-refractivity contribution is 5.42. The Morgan fingerprint density at radius 3 is 3.13 bits per heavy atom. The van der Waals surface area contributed by atoms with E-state index in [4.69, 9.17) is 10.5 Å². The van der Waals surface area contributed by atoms with E-state index in [0.717, 1.165) is 37.2 Å². The van der Waals surface area contributed by atoms with Gasteiger partial charge in [0.15, 0.2) is 0 Å². The van der Waals surface area contributed by atoms with Crippen molar-refractivity contribution < 1.29 is 9.84 Å². The van der Waals surface area contributed by atoms with Gasteiger partial charge in [-0.25, -0.2) is 0 Å². The average Bonchev–Trinajstić information content (AvgIpc) is 2.42. The second kappa shape index (κ2) is 4.53. The summed E-state index contributed by atoms with van der Waals surface area (Å²) in [6, 6.07) is 5.32. The van der Waals surface area contributed by atoms with E-state index in [-0.39, 0.29) is 0 Å². The van der Waals surface area contributed by atoms with Crippen molar-refractivity contribution in [2.45, 2.75) is 25.2 Å². The summed E-state index contributed by atoms with van der Waals surface area (Å²) in [5.41, 5.74) is 6.71. The molecule has 82 valence electrons. The molecule has 0 saturated heterocycles. The standard InChI is InChI=1S/C12H17NO2/c13-6-5-9-2-1-7-15-12-4-3-10(14)8-11(9)12/h3-4,8-9,14H,1-2,5-7,13H2. The van der Waals surface area contributed by atoms with Crippen LogP contribution in [0, 0.1) is 0 Å². The molecule has 0 bridgehead atoms. The molecule has 1 atom stereocenters. The van der Waals surface area contributed by atoms with Gasteiger partial charge in [-0.1, -0.05) is 0 Å². The summed E-state index contributed by atoms with van der Waals surface area (Å²) in [6.07, 6.45) is 3.10. The number of phenolic OH excluding ortho intramolecular Hbond substituents is 1. The maximum absolute atomic E-state index is 9.48. The highest BCUT2D eigenvalue weighted by atomic mass is 16.5. The highest BCUT2D eigenvalue weighted by Crippen LogP contribution is 2.36. The summed E-state index contributed by atoms with van der Waals surface area (Å²) in [5, 5.41) is 9.48. The van der Waals surface area contributed by atoms with Crippen LogP contribution >= 0.6 is 0 Å². The van der Waals surface area contributed by atoms with Gasteiger partial charge in [-0.05, 0) is 49.9 Å². The molecule has 1 aliphatic rings. The van der Waals surface area contributed by atoms with Gasteiger partial charge in [0.25, 0.3) is 0 Å². The number of aromatic hydroxyl groups is 1. The van der Waals surface area contributed by atoms with E-state index in [0.29, 0.717) is 18.2 Å². The van der Waals surface area contributed by atoms with Gasteiger partial charge in [-0.15, -0.1) is 0 Å². The minimum atomic E-state index is 0.307. The largest absolute Gasteiger partial charge is 0.508 e. The molecular formula is C12H17NO2. The lowest BCUT2D eigenvalue weighted by Gasteiger charge is -2.15. The summed E-state index contributed by atoms with van der Waals surface area (Å²) in [5.74, 6) is 1.64. The fraction of sp³-hybridized carbons (Fsp3) is 0.500. The number of benzene rings is 1. The van der Waals surface area contributed by atoms with Crippen molar-refractivity contribution in [3.05, 3.63) is 23.8 Å². The second-order valence-electron chi connectivity index (χ2n) is 3.99. The maximum Gasteiger partial charge on any atom is 0.123 e. The van der Waals surface area contributed by atoms with Gasteiger partial charge in [0.2, 0.25) is 0 Å². The van der Waals surface area contributed by atoms with Crippen molar-refractivity contribution >= 4 is 0 Å². The van der Waals surface area contributed by atoms with Gasteiger partial charge in [0.05, 0.1) is 6.61 Å². The second-order valence-corrected chi connectivity index (χ2v) is 3.99. The van der Waals surface area contributed by atoms with Crippen molar-refractivity contribution in [3.8, 4) is 11.5 Å². The van der Waals surface area contributed by atoms with Crippen LogP contribution in [0.2, 0.25) is 0 Å². The number of hydrogen-bond donors (Lipinski definition) is 2. The molecule has 0 aliphatic carbocycles. The molecule has 1 aromatic rings. The summed E-state index contributed by atoms with van der Waals surface area (Å²) < 4.78 is 5.63. The van der Waals surface area contributed by atoms with Crippen LogP contribution in [0.1, 0.15) is 30.7 Å². The minimum Gasteiger partial charge on any atom is -0.508 e. The van der Waals surface area contributed by atoms with Crippen molar-refractivity contribution in [3.63, 3.8) is 0 Å². The third-order valence-corrected chi connectivity index (χ3v) is 2.90. The fourth-order valence-electron chi connectivity index (χ4n) is 2.15. The number of phenols is 1. The lowest BCUT2D eigenvalue weighted by molar-refractivity contribution is 0.315. The van der Waals surface area contributed by atoms with Crippen LogP contribution in [0.4, 0.5) is 0 Å². The third kappa shape index (κ3) is 2.23. The number of ether oxygens (including phenoxy) is 1. The van der Waals surface area contributed by atoms with Crippen molar-refractivity contribution in [2.75, 3.05) is 13.2 Å². The lowest BCUT2D eigenvalue weighted by atomic mass is 9.91. The summed E-state index contributed by atoms with van der Waals surface area (Å²) >= 11 is 0. The highest BCUT2D eigenvalue weighted by Gasteiger charge is 2.19. The van der Waals surface area contributed by atoms with E-state index in [9.17, 15) is 5.11 Å². The predicted octanol–water partition coefficient (Wildman–Crippen LogP) is 2.00. The van der Waals surface area contributed by atoms with Gasteiger partial charge in [-0.3, -0.25) is 0 Å². The molecule has 0 radical (unpaired) electrons. The zero-order valence-electron chi connectivity index (χ0n) is 8.78. The smallest absolute Gasteiger partial charge is 0.123 e. The molecule has 1 unspecified atom stereocenters. The first-order chi connectivity index (χ1) is 7.31. The lowest BCUT2D eigenvalue weighted by Crippen LogP contribution is -2.07. The normalized spacial score (nSPS) is 20.2. The van der Waals surface area contributed by atoms with E-state index in [2.05, 4.69) is 0 Å². The zero-order chi connectivity index (χ0) is 10.7. The quantitative estimate of drug-likeness (QED) is 0.779. The number of fused-ring (bicyclic) bond motifs is 1. The van der Waals surface area contributed by atoms with Crippen LogP contribution in [0.5, 0.6) is 11.5 Å². The summed E-state index contributed by atoms with van der Waals surface area (Å²) in [4.78, 5) is 0. The molecule has 1 aromatic carbocycles. The topological polar surface area (TPSA) is 55.5 Å². The van der Waals surface area contributed by atoms with Crippen LogP contribution in [-0.2, 0) is 0 Å². The number of hydrogen-bond acceptors (Lipinski definition) is 3. The molecule has 0 amide bonds. The first kappa shape index (κ1) is 10.3. The van der Waals surface area contributed by atoms with Gasteiger partial charge in [0, 0.05) is 5.56 Å². The van der Waals surface area contributed by atoms with E-state index >= 15 is 0 Å². The van der Waals surface area contributed by atoms with Gasteiger partial charge in [0.1, 0.15) is 11.5 Å². The average molecular weight is 207 g/mol. The fourth-order valence-corrected chi connectivity index (χ4v) is 2.15. The Hall–Kier alpha value is -1.22. The third-order valence-electron chi connectivity index (χ3n) is 2.90. The molecule has 3 N–H and O–H groups in total. The van der Waals surface area contributed by atoms with Crippen LogP contribution in [-0.4, -0.2) is 18.3 Å². The predicted molar refractivity (Wildman–Crippen MR) is 59.2 cm³/mol. The van der Waals surface area contributed by atoms with Crippen molar-refractivity contribution in [2.24, 2.45) is 5.73 Å². The molecule has 0 fully saturated rings. The monoisotopic (exact) mass is 207 g/mol. The molecule has 1 aliphatic heterocycles. The number of rotatable bonds is 2. The van der Waals surface area contributed by atoms with Crippen LogP contribution in [0.15, 0.2) is 18.2 Å². The van der Waals surface area contributed by atoms with E-state index < -0.39 is 0 Å². The van der Waals surface area contributed by atoms with Crippen LogP contribution < -0.4 is 10.5 Å². The van der Waals surface area contributed by atoms with E-state index in [1.165, 1.54) is 0 Å². The molecule has 0 saturated carbocycles. The van der Waals surface area contributed by atoms with Crippen LogP contribution in [0.25, 0.3) is 0 Å². The Morgan fingerprint density at radius 1 is 1.47 bits per heavy atom. The Balaban J connectivity index is 2.33. The molecule has 0 aromatic heterocycles. The Bertz CT molecular complexity index is 338. The van der Waals surface area contributed by atoms with Gasteiger partial charge >= 0.3 is 0 Å². The molecule has 3 nitrogen and oxygen atoms in total. The van der Waals surface area contributed by atoms with Crippen LogP contribution in [0.3, 0.4) is 0 Å². The molecule has 15 heavy (non-hydrogen) atoms. The van der Waals surface area contributed by atoms with E-state index in [1.54, 1.807) is 12.1 Å². The molecule has 0 spiro atoms. The molecule has 3 heteroatoms. The molecular weight excluding hydrogens is 190 g/mol. The van der Waals surface area contributed by atoms with Gasteiger partial charge in [-0.2, -0.15) is 0 Å². The van der Waals surface area contributed by atoms with Crippen molar-refractivity contribution in [1.29, 1.82) is 0 Å². The van der Waals surface area contributed by atoms with E-state index in [1.807, 2.05) is 6.07 Å². The SMILES string of the molecule is NCCC1CCCOc2ccc(O)cc21. The Labute approximate surface area is 89.9 Å². The Kier molecular flexibility index (Phi) is 3.11. The first-order valence-electron chi connectivity index (χ1n) is 5.47. The summed E-state index contributed by atoms with van der Waals surface area (Å²) in [7, 11) is 0. The molecule has 2 rings (SSSR count). The maximum atomic E-state index is 9.48. The molecule has 1 heterocycles. The van der Waals surface area contributed by atoms with Crippen molar-refractivity contribution in [1.82, 2.24) is 0 Å². The van der Waals surface area contributed by atoms with Gasteiger partial charge < -0.3 is 15.6 Å². The summed E-state index contributed by atoms with van der Waals surface area (Å²) in [6.45, 7) is 1.44. The first-order valence-corrected chi connectivity index (χ1v) is 5.47. The zero-order valence-corrected chi connectivity index (χ0v) is 8.78. The Morgan fingerprint density at radius 2 is 2.33 bits per heavy atom. The minimum absolute atomic E-state index is 0.307.